The van der Waals surface area contributed by atoms with Crippen LogP contribution in [0, 0.1) is 0 Å². The molecule has 0 saturated carbocycles. The van der Waals surface area contributed by atoms with Gasteiger partial charge in [-0.2, -0.15) is 0 Å². The summed E-state index contributed by atoms with van der Waals surface area (Å²) in [5, 5.41) is 12.3. The van der Waals surface area contributed by atoms with Gasteiger partial charge in [0.25, 0.3) is 0 Å². The molecule has 1 aromatic carbocycles. The summed E-state index contributed by atoms with van der Waals surface area (Å²) in [4.78, 5) is 0. The van der Waals surface area contributed by atoms with Crippen LogP contribution in [-0.2, 0) is 16.6 Å². The van der Waals surface area contributed by atoms with E-state index in [4.69, 9.17) is 0 Å². The highest BCUT2D eigenvalue weighted by Crippen LogP contribution is 2.11. The summed E-state index contributed by atoms with van der Waals surface area (Å²) in [6.07, 6.45) is 0.910. The van der Waals surface area contributed by atoms with Crippen LogP contribution < -0.4 is 10.0 Å². The summed E-state index contributed by atoms with van der Waals surface area (Å²) < 4.78 is 25.9. The molecule has 1 unspecified atom stereocenters. The molecule has 1 heterocycles. The first kappa shape index (κ1) is 12.3. The Morgan fingerprint density at radius 2 is 2.24 bits per heavy atom. The minimum absolute atomic E-state index is 0.0803. The third-order valence-electron chi connectivity index (χ3n) is 2.75. The fraction of sp³-hybridized carbons (Fsp3) is 0.455. The van der Waals surface area contributed by atoms with Gasteiger partial charge in [0, 0.05) is 12.6 Å². The first-order valence-electron chi connectivity index (χ1n) is 5.54. The van der Waals surface area contributed by atoms with Gasteiger partial charge in [-0.1, -0.05) is 12.1 Å². The molecule has 1 saturated heterocycles. The van der Waals surface area contributed by atoms with E-state index < -0.39 is 10.0 Å². The highest BCUT2D eigenvalue weighted by Gasteiger charge is 2.23. The lowest BCUT2D eigenvalue weighted by molar-refractivity contribution is 0.397. The summed E-state index contributed by atoms with van der Waals surface area (Å²) in [6, 6.07) is 6.63. The molecule has 17 heavy (non-hydrogen) atoms. The summed E-state index contributed by atoms with van der Waals surface area (Å²) in [6.45, 7) is 1.11. The van der Waals surface area contributed by atoms with Crippen LogP contribution in [0.15, 0.2) is 24.3 Å². The van der Waals surface area contributed by atoms with Crippen LogP contribution in [0.25, 0.3) is 0 Å². The van der Waals surface area contributed by atoms with Crippen LogP contribution in [-0.4, -0.2) is 31.9 Å². The molecule has 1 aliphatic heterocycles. The van der Waals surface area contributed by atoms with Gasteiger partial charge < -0.3 is 10.4 Å². The van der Waals surface area contributed by atoms with E-state index in [9.17, 15) is 13.5 Å². The van der Waals surface area contributed by atoms with Crippen molar-refractivity contribution in [3.8, 4) is 5.75 Å². The molecule has 0 aliphatic carbocycles. The Hall–Kier alpha value is -1.11. The largest absolute Gasteiger partial charge is 0.508 e. The minimum Gasteiger partial charge on any atom is -0.508 e. The molecule has 0 bridgehead atoms. The van der Waals surface area contributed by atoms with Gasteiger partial charge in [0.15, 0.2) is 0 Å². The van der Waals surface area contributed by atoms with Gasteiger partial charge in [0.05, 0.1) is 5.75 Å². The molecule has 1 aliphatic rings. The number of benzene rings is 1. The van der Waals surface area contributed by atoms with Crippen molar-refractivity contribution in [3.63, 3.8) is 0 Å². The Bertz CT molecular complexity index is 483. The maximum Gasteiger partial charge on any atom is 0.213 e. The Kier molecular flexibility index (Phi) is 3.66. The fourth-order valence-corrected chi connectivity index (χ4v) is 2.99. The zero-order chi connectivity index (χ0) is 12.3. The van der Waals surface area contributed by atoms with Crippen LogP contribution in [0.1, 0.15) is 12.0 Å². The number of sulfonamides is 1. The Morgan fingerprint density at radius 3 is 2.82 bits per heavy atom. The van der Waals surface area contributed by atoms with Crippen LogP contribution in [0.4, 0.5) is 0 Å². The predicted octanol–water partition coefficient (Wildman–Crippen LogP) is 0.174. The number of rotatable bonds is 5. The second-order valence-corrected chi connectivity index (χ2v) is 6.06. The highest BCUT2D eigenvalue weighted by atomic mass is 32.2. The van der Waals surface area contributed by atoms with Crippen molar-refractivity contribution in [3.05, 3.63) is 29.8 Å². The minimum atomic E-state index is -3.25. The van der Waals surface area contributed by atoms with Crippen molar-refractivity contribution in [2.45, 2.75) is 19.0 Å². The monoisotopic (exact) mass is 256 g/mol. The summed E-state index contributed by atoms with van der Waals surface area (Å²) in [5.41, 5.74) is 0.746. The smallest absolute Gasteiger partial charge is 0.213 e. The van der Waals surface area contributed by atoms with Crippen LogP contribution in [0.3, 0.4) is 0 Å². The van der Waals surface area contributed by atoms with Crippen molar-refractivity contribution < 1.29 is 13.5 Å². The van der Waals surface area contributed by atoms with E-state index in [1.165, 1.54) is 0 Å². The third kappa shape index (κ3) is 3.69. The maximum absolute atomic E-state index is 11.7. The van der Waals surface area contributed by atoms with E-state index >= 15 is 0 Å². The van der Waals surface area contributed by atoms with Gasteiger partial charge in [-0.15, -0.1) is 0 Å². The van der Waals surface area contributed by atoms with E-state index in [-0.39, 0.29) is 24.1 Å². The number of phenols is 1. The van der Waals surface area contributed by atoms with Gasteiger partial charge in [0.2, 0.25) is 10.0 Å². The van der Waals surface area contributed by atoms with E-state index in [0.717, 1.165) is 18.5 Å². The summed E-state index contributed by atoms with van der Waals surface area (Å²) in [5.74, 6) is 0.258. The molecule has 2 rings (SSSR count). The maximum atomic E-state index is 11.7. The number of aromatic hydroxyl groups is 1. The third-order valence-corrected chi connectivity index (χ3v) is 4.18. The molecule has 0 aromatic heterocycles. The zero-order valence-corrected chi connectivity index (χ0v) is 10.2. The molecule has 0 radical (unpaired) electrons. The van der Waals surface area contributed by atoms with Crippen molar-refractivity contribution in [2.24, 2.45) is 0 Å². The lowest BCUT2D eigenvalue weighted by Gasteiger charge is -2.27. The normalized spacial score (nSPS) is 19.9. The molecular weight excluding hydrogens is 240 g/mol. The molecule has 1 atom stereocenters. The molecule has 0 spiro atoms. The molecule has 94 valence electrons. The predicted molar refractivity (Wildman–Crippen MR) is 65.1 cm³/mol. The molecular formula is C11H16N2O3S. The second kappa shape index (κ2) is 5.03. The lowest BCUT2D eigenvalue weighted by atomic mass is 10.1. The molecule has 5 nitrogen and oxygen atoms in total. The topological polar surface area (TPSA) is 78.4 Å². The van der Waals surface area contributed by atoms with E-state index in [1.54, 1.807) is 24.3 Å². The Labute approximate surface area is 101 Å². The molecule has 1 aromatic rings. The first-order valence-corrected chi connectivity index (χ1v) is 7.19. The summed E-state index contributed by atoms with van der Waals surface area (Å²) in [7, 11) is -3.25. The van der Waals surface area contributed by atoms with E-state index in [1.807, 2.05) is 0 Å². The van der Waals surface area contributed by atoms with Gasteiger partial charge in [0.1, 0.15) is 5.75 Å². The standard InChI is InChI=1S/C11H16N2O3S/c14-11-3-1-2-9(6-11)7-13-17(15,16)8-10-4-5-12-10/h1-3,6,10,12-14H,4-5,7-8H2. The SMILES string of the molecule is O=S(=O)(CC1CCN1)NCc1cccc(O)c1. The lowest BCUT2D eigenvalue weighted by Crippen LogP contribution is -2.49. The zero-order valence-electron chi connectivity index (χ0n) is 9.39. The Balaban J connectivity index is 1.88. The van der Waals surface area contributed by atoms with Crippen LogP contribution in [0.5, 0.6) is 5.75 Å². The fourth-order valence-electron chi connectivity index (χ4n) is 1.67. The van der Waals surface area contributed by atoms with E-state index in [0.29, 0.717) is 0 Å². The number of hydrogen-bond donors (Lipinski definition) is 3. The van der Waals surface area contributed by atoms with E-state index in [2.05, 4.69) is 10.0 Å². The van der Waals surface area contributed by atoms with Crippen LogP contribution in [0.2, 0.25) is 0 Å². The quantitative estimate of drug-likeness (QED) is 0.702. The molecule has 3 N–H and O–H groups in total. The number of hydrogen-bond acceptors (Lipinski definition) is 4. The van der Waals surface area contributed by atoms with Crippen LogP contribution >= 0.6 is 0 Å². The average Bonchev–Trinajstić information content (AvgIpc) is 2.22. The number of phenolic OH excluding ortho intramolecular Hbond substituents is 1. The Morgan fingerprint density at radius 1 is 1.47 bits per heavy atom. The van der Waals surface area contributed by atoms with Crippen molar-refractivity contribution in [2.75, 3.05) is 12.3 Å². The highest BCUT2D eigenvalue weighted by molar-refractivity contribution is 7.89. The van der Waals surface area contributed by atoms with Gasteiger partial charge in [-0.25, -0.2) is 13.1 Å². The molecule has 0 amide bonds. The van der Waals surface area contributed by atoms with Crippen molar-refractivity contribution in [1.82, 2.24) is 10.0 Å². The second-order valence-electron chi connectivity index (χ2n) is 4.21. The summed E-state index contributed by atoms with van der Waals surface area (Å²) >= 11 is 0. The van der Waals surface area contributed by atoms with Crippen molar-refractivity contribution in [1.29, 1.82) is 0 Å². The van der Waals surface area contributed by atoms with Gasteiger partial charge >= 0.3 is 0 Å². The van der Waals surface area contributed by atoms with Gasteiger partial charge in [-0.05, 0) is 30.7 Å². The molecule has 6 heteroatoms. The van der Waals surface area contributed by atoms with Crippen molar-refractivity contribution >= 4 is 10.0 Å². The average molecular weight is 256 g/mol. The molecule has 1 fully saturated rings. The first-order chi connectivity index (χ1) is 8.05. The number of nitrogens with one attached hydrogen (secondary N) is 2. The van der Waals surface area contributed by atoms with Gasteiger partial charge in [-0.3, -0.25) is 0 Å².